The van der Waals surface area contributed by atoms with Gasteiger partial charge < -0.3 is 30.0 Å². The number of fused-ring (bicyclic) bond motifs is 1. The molecule has 5 N–H and O–H groups in total. The molecule has 0 radical (unpaired) electrons. The molecule has 1 aliphatic rings. The van der Waals surface area contributed by atoms with E-state index in [1.54, 1.807) is 4.57 Å². The van der Waals surface area contributed by atoms with Gasteiger partial charge in [0, 0.05) is 0 Å². The Morgan fingerprint density at radius 3 is 2.62 bits per heavy atom. The zero-order valence-electron chi connectivity index (χ0n) is 11.0. The number of aromatic nitrogens is 4. The molecule has 2 unspecified atom stereocenters. The standard InChI is InChI=1S/C11H15N5O5/c12-11-14-9-8(10(19)15-11)13-4-16(9)1-7-20-5(2-17)6(3-18)21-7/h4-7,17-18H,1-3H2,(H3,12,14,15,19). The maximum Gasteiger partial charge on any atom is 0.280 e. The van der Waals surface area contributed by atoms with Gasteiger partial charge >= 0.3 is 0 Å². The molecule has 3 rings (SSSR count). The van der Waals surface area contributed by atoms with Crippen LogP contribution < -0.4 is 11.3 Å². The first-order valence-corrected chi connectivity index (χ1v) is 6.35. The Balaban J connectivity index is 1.85. The first kappa shape index (κ1) is 13.9. The molecule has 2 aromatic heterocycles. The number of imidazole rings is 1. The number of hydrogen-bond donors (Lipinski definition) is 4. The number of aromatic amines is 1. The van der Waals surface area contributed by atoms with Crippen molar-refractivity contribution >= 4 is 17.1 Å². The molecular formula is C11H15N5O5. The minimum Gasteiger partial charge on any atom is -0.394 e. The molecule has 1 fully saturated rings. The van der Waals surface area contributed by atoms with Crippen LogP contribution in [0, 0.1) is 0 Å². The maximum absolute atomic E-state index is 11.7. The summed E-state index contributed by atoms with van der Waals surface area (Å²) in [6, 6.07) is 0. The van der Waals surface area contributed by atoms with Gasteiger partial charge in [0.15, 0.2) is 17.5 Å². The van der Waals surface area contributed by atoms with Crippen LogP contribution >= 0.6 is 0 Å². The highest BCUT2D eigenvalue weighted by molar-refractivity contribution is 5.70. The lowest BCUT2D eigenvalue weighted by atomic mass is 10.2. The predicted molar refractivity (Wildman–Crippen MR) is 70.3 cm³/mol. The number of nitrogens with zero attached hydrogens (tertiary/aromatic N) is 3. The van der Waals surface area contributed by atoms with Crippen LogP contribution in [0.4, 0.5) is 5.95 Å². The number of aliphatic hydroxyl groups excluding tert-OH is 2. The third-order valence-electron chi connectivity index (χ3n) is 3.27. The molecule has 0 saturated carbocycles. The highest BCUT2D eigenvalue weighted by atomic mass is 16.7. The van der Waals surface area contributed by atoms with Crippen LogP contribution in [0.15, 0.2) is 11.1 Å². The first-order valence-electron chi connectivity index (χ1n) is 6.35. The van der Waals surface area contributed by atoms with Crippen molar-refractivity contribution in [2.45, 2.75) is 25.0 Å². The van der Waals surface area contributed by atoms with Crippen LogP contribution in [-0.2, 0) is 16.0 Å². The SMILES string of the molecule is Nc1nc2c(ncn2CC2OC(CO)C(CO)O2)c(=O)[nH]1. The lowest BCUT2D eigenvalue weighted by Gasteiger charge is -2.11. The summed E-state index contributed by atoms with van der Waals surface area (Å²) in [5.74, 6) is -0.0102. The lowest BCUT2D eigenvalue weighted by Crippen LogP contribution is -2.29. The number of anilines is 1. The molecule has 0 spiro atoms. The molecule has 0 amide bonds. The molecule has 1 saturated heterocycles. The molecule has 2 atom stereocenters. The average Bonchev–Trinajstić information content (AvgIpc) is 3.03. The van der Waals surface area contributed by atoms with E-state index in [-0.39, 0.29) is 31.2 Å². The van der Waals surface area contributed by atoms with Gasteiger partial charge in [-0.3, -0.25) is 9.78 Å². The van der Waals surface area contributed by atoms with Gasteiger partial charge in [-0.05, 0) is 0 Å². The van der Waals surface area contributed by atoms with E-state index in [1.165, 1.54) is 6.33 Å². The Morgan fingerprint density at radius 1 is 1.33 bits per heavy atom. The second-order valence-electron chi connectivity index (χ2n) is 4.66. The van der Waals surface area contributed by atoms with Gasteiger partial charge in [0.1, 0.15) is 12.2 Å². The van der Waals surface area contributed by atoms with E-state index in [0.29, 0.717) is 5.65 Å². The molecule has 10 heteroatoms. The number of rotatable bonds is 4. The van der Waals surface area contributed by atoms with E-state index in [1.807, 2.05) is 0 Å². The van der Waals surface area contributed by atoms with Crippen LogP contribution in [0.2, 0.25) is 0 Å². The van der Waals surface area contributed by atoms with E-state index in [4.69, 9.17) is 25.4 Å². The number of nitrogens with one attached hydrogen (secondary N) is 1. The van der Waals surface area contributed by atoms with Crippen molar-refractivity contribution in [2.24, 2.45) is 0 Å². The summed E-state index contributed by atoms with van der Waals surface area (Å²) >= 11 is 0. The number of nitrogens with two attached hydrogens (primary N) is 1. The van der Waals surface area contributed by atoms with Gasteiger partial charge in [-0.15, -0.1) is 0 Å². The van der Waals surface area contributed by atoms with E-state index < -0.39 is 24.1 Å². The second kappa shape index (κ2) is 5.41. The quantitative estimate of drug-likeness (QED) is 0.496. The minimum absolute atomic E-state index is 0.0102. The molecule has 114 valence electrons. The lowest BCUT2D eigenvalue weighted by molar-refractivity contribution is -0.0827. The summed E-state index contributed by atoms with van der Waals surface area (Å²) in [5.41, 5.74) is 5.57. The molecule has 0 bridgehead atoms. The van der Waals surface area contributed by atoms with Crippen molar-refractivity contribution in [1.82, 2.24) is 19.5 Å². The van der Waals surface area contributed by atoms with Crippen LogP contribution in [0.1, 0.15) is 0 Å². The highest BCUT2D eigenvalue weighted by Crippen LogP contribution is 2.21. The van der Waals surface area contributed by atoms with E-state index in [9.17, 15) is 4.79 Å². The average molecular weight is 297 g/mol. The Kier molecular flexibility index (Phi) is 3.59. The molecule has 1 aliphatic heterocycles. The smallest absolute Gasteiger partial charge is 0.280 e. The van der Waals surface area contributed by atoms with Gasteiger partial charge in [0.05, 0.1) is 26.1 Å². The number of H-pyrrole nitrogens is 1. The summed E-state index contributed by atoms with van der Waals surface area (Å²) in [6.07, 6.45) is -0.425. The fourth-order valence-electron chi connectivity index (χ4n) is 2.27. The summed E-state index contributed by atoms with van der Waals surface area (Å²) < 4.78 is 12.5. The number of hydrogen-bond acceptors (Lipinski definition) is 8. The molecule has 3 heterocycles. The number of aliphatic hydroxyl groups is 2. The van der Waals surface area contributed by atoms with Crippen molar-refractivity contribution in [2.75, 3.05) is 18.9 Å². The van der Waals surface area contributed by atoms with Crippen LogP contribution in [0.3, 0.4) is 0 Å². The zero-order chi connectivity index (χ0) is 15.0. The largest absolute Gasteiger partial charge is 0.394 e. The van der Waals surface area contributed by atoms with Crippen molar-refractivity contribution in [3.63, 3.8) is 0 Å². The zero-order valence-corrected chi connectivity index (χ0v) is 11.0. The normalized spacial score (nSPS) is 25.7. The molecule has 0 aliphatic carbocycles. The van der Waals surface area contributed by atoms with Gasteiger partial charge in [0.2, 0.25) is 5.95 Å². The Labute approximate surface area is 118 Å². The molecule has 10 nitrogen and oxygen atoms in total. The topological polar surface area (TPSA) is 149 Å². The first-order chi connectivity index (χ1) is 10.1. The molecule has 0 aromatic carbocycles. The Hall–Kier alpha value is -2.01. The third kappa shape index (κ3) is 2.49. The molecule has 21 heavy (non-hydrogen) atoms. The highest BCUT2D eigenvalue weighted by Gasteiger charge is 2.35. The summed E-state index contributed by atoms with van der Waals surface area (Å²) in [7, 11) is 0. The van der Waals surface area contributed by atoms with Crippen LogP contribution in [-0.4, -0.2) is 61.4 Å². The van der Waals surface area contributed by atoms with E-state index in [2.05, 4.69) is 15.0 Å². The van der Waals surface area contributed by atoms with Crippen molar-refractivity contribution in [1.29, 1.82) is 0 Å². The molecule has 2 aromatic rings. The maximum atomic E-state index is 11.7. The molecular weight excluding hydrogens is 282 g/mol. The Morgan fingerprint density at radius 2 is 2.00 bits per heavy atom. The van der Waals surface area contributed by atoms with Crippen molar-refractivity contribution < 1.29 is 19.7 Å². The number of nitrogen functional groups attached to an aromatic ring is 1. The third-order valence-corrected chi connectivity index (χ3v) is 3.27. The monoisotopic (exact) mass is 297 g/mol. The van der Waals surface area contributed by atoms with E-state index >= 15 is 0 Å². The summed E-state index contributed by atoms with van der Waals surface area (Å²) in [4.78, 5) is 22.0. The van der Waals surface area contributed by atoms with Gasteiger partial charge in [0.25, 0.3) is 5.56 Å². The predicted octanol–water partition coefficient (Wildman–Crippen LogP) is -2.20. The van der Waals surface area contributed by atoms with Crippen LogP contribution in [0.5, 0.6) is 0 Å². The Bertz CT molecular complexity index is 686. The summed E-state index contributed by atoms with van der Waals surface area (Å²) in [5, 5.41) is 18.3. The number of ether oxygens (including phenoxy) is 2. The van der Waals surface area contributed by atoms with Gasteiger partial charge in [-0.2, -0.15) is 4.98 Å². The van der Waals surface area contributed by atoms with E-state index in [0.717, 1.165) is 0 Å². The van der Waals surface area contributed by atoms with Crippen molar-refractivity contribution in [3.8, 4) is 0 Å². The fraction of sp³-hybridized carbons (Fsp3) is 0.545. The second-order valence-corrected chi connectivity index (χ2v) is 4.66. The van der Waals surface area contributed by atoms with Gasteiger partial charge in [-0.25, -0.2) is 4.98 Å². The fourth-order valence-corrected chi connectivity index (χ4v) is 2.27. The summed E-state index contributed by atoms with van der Waals surface area (Å²) in [6.45, 7) is -0.298. The van der Waals surface area contributed by atoms with Crippen LogP contribution in [0.25, 0.3) is 11.2 Å². The van der Waals surface area contributed by atoms with Gasteiger partial charge in [-0.1, -0.05) is 0 Å². The van der Waals surface area contributed by atoms with Crippen molar-refractivity contribution in [3.05, 3.63) is 16.7 Å². The minimum atomic E-state index is -0.681.